The maximum atomic E-state index is 12.8. The third-order valence-electron chi connectivity index (χ3n) is 4.69. The van der Waals surface area contributed by atoms with Gasteiger partial charge in [0, 0.05) is 50.2 Å². The van der Waals surface area contributed by atoms with Crippen molar-refractivity contribution in [3.8, 4) is 0 Å². The van der Waals surface area contributed by atoms with E-state index in [1.54, 1.807) is 17.5 Å². The van der Waals surface area contributed by atoms with E-state index in [0.29, 0.717) is 6.04 Å². The highest BCUT2D eigenvalue weighted by atomic mass is 32.1. The first-order valence-corrected chi connectivity index (χ1v) is 9.13. The van der Waals surface area contributed by atoms with Gasteiger partial charge in [-0.2, -0.15) is 11.3 Å². The van der Waals surface area contributed by atoms with Gasteiger partial charge in [0.1, 0.15) is 0 Å². The first-order valence-electron chi connectivity index (χ1n) is 8.19. The molecule has 3 heterocycles. The zero-order valence-electron chi connectivity index (χ0n) is 13.7. The van der Waals surface area contributed by atoms with E-state index in [9.17, 15) is 4.79 Å². The van der Waals surface area contributed by atoms with Crippen molar-refractivity contribution >= 4 is 17.2 Å². The molecule has 0 spiro atoms. The quantitative estimate of drug-likeness (QED) is 0.864. The van der Waals surface area contributed by atoms with Crippen molar-refractivity contribution in [3.63, 3.8) is 0 Å². The molecule has 0 radical (unpaired) electrons. The molecule has 2 aromatic heterocycles. The topological polar surface area (TPSA) is 36.4 Å². The van der Waals surface area contributed by atoms with Crippen LogP contribution >= 0.6 is 11.3 Å². The van der Waals surface area contributed by atoms with Crippen LogP contribution in [0.3, 0.4) is 0 Å². The zero-order chi connectivity index (χ0) is 16.2. The highest BCUT2D eigenvalue weighted by Gasteiger charge is 2.26. The fraction of sp³-hybridized carbons (Fsp3) is 0.444. The molecule has 0 aliphatic carbocycles. The Bertz CT molecular complexity index is 648. The van der Waals surface area contributed by atoms with E-state index in [4.69, 9.17) is 0 Å². The predicted octanol–water partition coefficient (Wildman–Crippen LogP) is 3.22. The maximum absolute atomic E-state index is 12.8. The highest BCUT2D eigenvalue weighted by molar-refractivity contribution is 7.07. The molecule has 0 N–H and O–H groups in total. The minimum atomic E-state index is 0.145. The van der Waals surface area contributed by atoms with E-state index < -0.39 is 0 Å². The molecule has 0 unspecified atom stereocenters. The first kappa shape index (κ1) is 16.1. The molecule has 1 atom stereocenters. The number of aromatic nitrogens is 1. The van der Waals surface area contributed by atoms with E-state index in [0.717, 1.165) is 43.7 Å². The van der Waals surface area contributed by atoms with Crippen molar-refractivity contribution in [2.75, 3.05) is 26.2 Å². The summed E-state index contributed by atoms with van der Waals surface area (Å²) in [6.45, 7) is 7.74. The summed E-state index contributed by atoms with van der Waals surface area (Å²) in [7, 11) is 0. The number of rotatable bonds is 4. The van der Waals surface area contributed by atoms with Gasteiger partial charge in [0.2, 0.25) is 0 Å². The van der Waals surface area contributed by atoms with Gasteiger partial charge in [-0.3, -0.25) is 14.7 Å². The summed E-state index contributed by atoms with van der Waals surface area (Å²) in [6.07, 6.45) is 4.35. The molecular weight excluding hydrogens is 306 g/mol. The SMILES string of the molecule is CCc1cnccc1C(=O)N1CCN([C@@H](C)c2ccsc2)CC1. The lowest BCUT2D eigenvalue weighted by atomic mass is 10.1. The van der Waals surface area contributed by atoms with Gasteiger partial charge in [0.05, 0.1) is 0 Å². The molecule has 1 saturated heterocycles. The molecule has 0 bridgehead atoms. The number of aryl methyl sites for hydroxylation is 1. The highest BCUT2D eigenvalue weighted by Crippen LogP contribution is 2.24. The molecule has 2 aromatic rings. The van der Waals surface area contributed by atoms with Crippen molar-refractivity contribution in [1.29, 1.82) is 0 Å². The summed E-state index contributed by atoms with van der Waals surface area (Å²) >= 11 is 1.74. The van der Waals surface area contributed by atoms with Crippen LogP contribution in [-0.4, -0.2) is 46.9 Å². The Labute approximate surface area is 141 Å². The minimum absolute atomic E-state index is 0.145. The Hall–Kier alpha value is -1.72. The van der Waals surface area contributed by atoms with Crippen molar-refractivity contribution in [2.24, 2.45) is 0 Å². The van der Waals surface area contributed by atoms with Gasteiger partial charge in [0.15, 0.2) is 0 Å². The minimum Gasteiger partial charge on any atom is -0.336 e. The largest absolute Gasteiger partial charge is 0.336 e. The van der Waals surface area contributed by atoms with Gasteiger partial charge in [-0.25, -0.2) is 0 Å². The third-order valence-corrected chi connectivity index (χ3v) is 5.39. The summed E-state index contributed by atoms with van der Waals surface area (Å²) < 4.78 is 0. The average Bonchev–Trinajstić information content (AvgIpc) is 3.15. The van der Waals surface area contributed by atoms with Crippen molar-refractivity contribution in [3.05, 3.63) is 52.0 Å². The molecule has 0 aromatic carbocycles. The van der Waals surface area contributed by atoms with Crippen molar-refractivity contribution in [1.82, 2.24) is 14.8 Å². The Balaban J connectivity index is 1.63. The van der Waals surface area contributed by atoms with Crippen LogP contribution in [0.5, 0.6) is 0 Å². The zero-order valence-corrected chi connectivity index (χ0v) is 14.6. The molecule has 1 aliphatic rings. The molecule has 23 heavy (non-hydrogen) atoms. The van der Waals surface area contributed by atoms with Gasteiger partial charge in [-0.1, -0.05) is 6.92 Å². The number of carbonyl (C=O) groups is 1. The normalized spacial score (nSPS) is 17.2. The summed E-state index contributed by atoms with van der Waals surface area (Å²) in [6, 6.07) is 4.46. The smallest absolute Gasteiger partial charge is 0.254 e. The summed E-state index contributed by atoms with van der Waals surface area (Å²) in [5.74, 6) is 0.145. The van der Waals surface area contributed by atoms with Gasteiger partial charge in [-0.15, -0.1) is 0 Å². The fourth-order valence-corrected chi connectivity index (χ4v) is 3.87. The van der Waals surface area contributed by atoms with Crippen LogP contribution < -0.4 is 0 Å². The van der Waals surface area contributed by atoms with Crippen LogP contribution in [0.1, 0.15) is 41.4 Å². The molecule has 1 aliphatic heterocycles. The van der Waals surface area contributed by atoms with Crippen LogP contribution in [0, 0.1) is 0 Å². The number of piperazine rings is 1. The number of nitrogens with zero attached hydrogens (tertiary/aromatic N) is 3. The second kappa shape index (κ2) is 7.23. The number of amides is 1. The standard InChI is InChI=1S/C18H23N3OS/c1-3-15-12-19-6-4-17(15)18(22)21-9-7-20(8-10-21)14(2)16-5-11-23-13-16/h4-6,11-14H,3,7-10H2,1-2H3/t14-/m0/s1. The number of hydrogen-bond donors (Lipinski definition) is 0. The Morgan fingerprint density at radius 2 is 2.09 bits per heavy atom. The summed E-state index contributed by atoms with van der Waals surface area (Å²) in [5, 5.41) is 4.34. The second-order valence-corrected chi connectivity index (χ2v) is 6.73. The fourth-order valence-electron chi connectivity index (χ4n) is 3.12. The average molecular weight is 329 g/mol. The summed E-state index contributed by atoms with van der Waals surface area (Å²) in [4.78, 5) is 21.3. The molecule has 1 amide bonds. The van der Waals surface area contributed by atoms with Gasteiger partial charge < -0.3 is 4.90 Å². The molecule has 4 nitrogen and oxygen atoms in total. The lowest BCUT2D eigenvalue weighted by Gasteiger charge is -2.38. The number of pyridine rings is 1. The van der Waals surface area contributed by atoms with Crippen molar-refractivity contribution < 1.29 is 4.79 Å². The van der Waals surface area contributed by atoms with E-state index in [1.165, 1.54) is 5.56 Å². The Morgan fingerprint density at radius 1 is 1.30 bits per heavy atom. The summed E-state index contributed by atoms with van der Waals surface area (Å²) in [5.41, 5.74) is 3.21. The van der Waals surface area contributed by atoms with Crippen LogP contribution in [-0.2, 0) is 6.42 Å². The predicted molar refractivity (Wildman–Crippen MR) is 93.8 cm³/mol. The van der Waals surface area contributed by atoms with Crippen molar-refractivity contribution in [2.45, 2.75) is 26.3 Å². The van der Waals surface area contributed by atoms with E-state index in [-0.39, 0.29) is 5.91 Å². The number of hydrogen-bond acceptors (Lipinski definition) is 4. The van der Waals surface area contributed by atoms with Gasteiger partial charge in [-0.05, 0) is 47.4 Å². The molecule has 5 heteroatoms. The maximum Gasteiger partial charge on any atom is 0.254 e. The number of thiophene rings is 1. The van der Waals surface area contributed by atoms with E-state index >= 15 is 0 Å². The van der Waals surface area contributed by atoms with Gasteiger partial charge in [0.25, 0.3) is 5.91 Å². The second-order valence-electron chi connectivity index (χ2n) is 5.95. The van der Waals surface area contributed by atoms with E-state index in [2.05, 4.69) is 40.6 Å². The molecule has 1 fully saturated rings. The number of carbonyl (C=O) groups excluding carboxylic acids is 1. The lowest BCUT2D eigenvalue weighted by Crippen LogP contribution is -2.49. The lowest BCUT2D eigenvalue weighted by molar-refractivity contribution is 0.0581. The van der Waals surface area contributed by atoms with Crippen LogP contribution in [0.25, 0.3) is 0 Å². The first-order chi connectivity index (χ1) is 11.2. The van der Waals surface area contributed by atoms with E-state index in [1.807, 2.05) is 17.2 Å². The third kappa shape index (κ3) is 3.46. The van der Waals surface area contributed by atoms with Crippen LogP contribution in [0.4, 0.5) is 0 Å². The molecule has 122 valence electrons. The van der Waals surface area contributed by atoms with Crippen LogP contribution in [0.2, 0.25) is 0 Å². The molecule has 3 rings (SSSR count). The molecule has 0 saturated carbocycles. The molecular formula is C18H23N3OS. The van der Waals surface area contributed by atoms with Crippen LogP contribution in [0.15, 0.2) is 35.3 Å². The monoisotopic (exact) mass is 329 g/mol. The Kier molecular flexibility index (Phi) is 5.08. The van der Waals surface area contributed by atoms with Gasteiger partial charge >= 0.3 is 0 Å². The Morgan fingerprint density at radius 3 is 2.74 bits per heavy atom.